The smallest absolute Gasteiger partial charge is 0.186 e. The Balaban J connectivity index is 2.28. The molecular formula is C16H16N2O3S2. The van der Waals surface area contributed by atoms with Crippen LogP contribution in [0.5, 0.6) is 0 Å². The van der Waals surface area contributed by atoms with Crippen LogP contribution in [0.3, 0.4) is 0 Å². The van der Waals surface area contributed by atoms with Gasteiger partial charge in [-0.1, -0.05) is 19.1 Å². The number of thiazole rings is 1. The Morgan fingerprint density at radius 1 is 1.35 bits per heavy atom. The van der Waals surface area contributed by atoms with E-state index in [1.54, 1.807) is 19.2 Å². The number of Topliss-reactive ketones (excluding diaryl/α,β-unsaturated/α-hetero) is 1. The maximum Gasteiger partial charge on any atom is 0.186 e. The molecule has 0 aliphatic heterocycles. The van der Waals surface area contributed by atoms with Gasteiger partial charge in [-0.2, -0.15) is 5.26 Å². The molecule has 1 heterocycles. The molecule has 0 aliphatic carbocycles. The van der Waals surface area contributed by atoms with E-state index >= 15 is 0 Å². The van der Waals surface area contributed by atoms with Crippen LogP contribution in [-0.4, -0.2) is 24.9 Å². The first-order valence-electron chi connectivity index (χ1n) is 7.07. The fourth-order valence-electron chi connectivity index (χ4n) is 2.11. The second kappa shape index (κ2) is 7.02. The highest BCUT2D eigenvalue weighted by atomic mass is 32.2. The number of aryl methyl sites for hydroxylation is 1. The predicted molar refractivity (Wildman–Crippen MR) is 88.3 cm³/mol. The van der Waals surface area contributed by atoms with E-state index in [0.29, 0.717) is 17.0 Å². The SMILES string of the molecule is CCCS(=O)(=O)c1ccc(C(=O)[C@@H](C#N)c2nc(C)cs2)cc1. The van der Waals surface area contributed by atoms with E-state index in [2.05, 4.69) is 4.98 Å². The third-order valence-corrected chi connectivity index (χ3v) is 6.21. The average Bonchev–Trinajstić information content (AvgIpc) is 2.94. The second-order valence-electron chi connectivity index (χ2n) is 5.10. The molecule has 0 spiro atoms. The maximum absolute atomic E-state index is 12.5. The molecule has 0 radical (unpaired) electrons. The Bertz CT molecular complexity index is 846. The summed E-state index contributed by atoms with van der Waals surface area (Å²) < 4.78 is 24.0. The van der Waals surface area contributed by atoms with Crippen LogP contribution in [0.1, 0.15) is 40.3 Å². The van der Waals surface area contributed by atoms with Crippen molar-refractivity contribution in [1.82, 2.24) is 4.98 Å². The van der Waals surface area contributed by atoms with Gasteiger partial charge >= 0.3 is 0 Å². The van der Waals surface area contributed by atoms with Crippen molar-refractivity contribution < 1.29 is 13.2 Å². The van der Waals surface area contributed by atoms with Crippen molar-refractivity contribution in [2.24, 2.45) is 0 Å². The van der Waals surface area contributed by atoms with E-state index in [1.165, 1.54) is 35.6 Å². The molecule has 0 saturated carbocycles. The molecule has 0 amide bonds. The summed E-state index contributed by atoms with van der Waals surface area (Å²) in [4.78, 5) is 16.8. The van der Waals surface area contributed by atoms with Crippen molar-refractivity contribution in [3.63, 3.8) is 0 Å². The summed E-state index contributed by atoms with van der Waals surface area (Å²) in [6, 6.07) is 7.72. The number of sulfone groups is 1. The van der Waals surface area contributed by atoms with E-state index in [-0.39, 0.29) is 16.4 Å². The van der Waals surface area contributed by atoms with Gasteiger partial charge in [0.1, 0.15) is 5.01 Å². The molecule has 0 aliphatic rings. The van der Waals surface area contributed by atoms with Crippen LogP contribution in [-0.2, 0) is 9.84 Å². The zero-order valence-corrected chi connectivity index (χ0v) is 14.4. The molecule has 1 aromatic carbocycles. The van der Waals surface area contributed by atoms with E-state index in [4.69, 9.17) is 0 Å². The van der Waals surface area contributed by atoms with Gasteiger partial charge in [0, 0.05) is 16.6 Å². The number of benzene rings is 1. The molecule has 1 atom stereocenters. The molecule has 23 heavy (non-hydrogen) atoms. The minimum Gasteiger partial charge on any atom is -0.292 e. The highest BCUT2D eigenvalue weighted by Gasteiger charge is 2.25. The van der Waals surface area contributed by atoms with Crippen molar-refractivity contribution in [3.8, 4) is 6.07 Å². The van der Waals surface area contributed by atoms with Crippen LogP contribution in [0.4, 0.5) is 0 Å². The lowest BCUT2D eigenvalue weighted by Crippen LogP contribution is -2.12. The van der Waals surface area contributed by atoms with Crippen molar-refractivity contribution in [2.45, 2.75) is 31.1 Å². The average molecular weight is 348 g/mol. The Morgan fingerprint density at radius 2 is 2.00 bits per heavy atom. The second-order valence-corrected chi connectivity index (χ2v) is 8.10. The van der Waals surface area contributed by atoms with Crippen LogP contribution >= 0.6 is 11.3 Å². The van der Waals surface area contributed by atoms with E-state index in [9.17, 15) is 18.5 Å². The lowest BCUT2D eigenvalue weighted by molar-refractivity contribution is 0.0978. The van der Waals surface area contributed by atoms with Crippen molar-refractivity contribution in [3.05, 3.63) is 45.9 Å². The molecule has 2 rings (SSSR count). The lowest BCUT2D eigenvalue weighted by atomic mass is 9.99. The quantitative estimate of drug-likeness (QED) is 0.748. The summed E-state index contributed by atoms with van der Waals surface area (Å²) in [7, 11) is -3.31. The Morgan fingerprint density at radius 3 is 2.48 bits per heavy atom. The highest BCUT2D eigenvalue weighted by Crippen LogP contribution is 2.24. The van der Waals surface area contributed by atoms with Gasteiger partial charge in [0.25, 0.3) is 0 Å². The molecule has 0 bridgehead atoms. The molecule has 7 heteroatoms. The summed E-state index contributed by atoms with van der Waals surface area (Å²) in [5.41, 5.74) is 1.07. The topological polar surface area (TPSA) is 87.9 Å². The zero-order chi connectivity index (χ0) is 17.0. The van der Waals surface area contributed by atoms with Gasteiger partial charge < -0.3 is 0 Å². The minimum atomic E-state index is -3.31. The number of hydrogen-bond acceptors (Lipinski definition) is 6. The first kappa shape index (κ1) is 17.3. The third kappa shape index (κ3) is 3.84. The summed E-state index contributed by atoms with van der Waals surface area (Å²) in [5, 5.41) is 11.5. The van der Waals surface area contributed by atoms with Gasteiger partial charge in [-0.15, -0.1) is 11.3 Å². The number of nitrogens with zero attached hydrogens (tertiary/aromatic N) is 2. The fourth-order valence-corrected chi connectivity index (χ4v) is 4.27. The monoisotopic (exact) mass is 348 g/mol. The van der Waals surface area contributed by atoms with Crippen molar-refractivity contribution in [2.75, 3.05) is 5.75 Å². The number of ketones is 1. The Labute approximate surface area is 139 Å². The van der Waals surface area contributed by atoms with Gasteiger partial charge in [0.2, 0.25) is 0 Å². The third-order valence-electron chi connectivity index (χ3n) is 3.25. The van der Waals surface area contributed by atoms with Crippen molar-refractivity contribution >= 4 is 27.0 Å². The first-order valence-corrected chi connectivity index (χ1v) is 9.61. The largest absolute Gasteiger partial charge is 0.292 e. The van der Waals surface area contributed by atoms with Crippen LogP contribution in [0.15, 0.2) is 34.5 Å². The van der Waals surface area contributed by atoms with Gasteiger partial charge in [0.05, 0.1) is 16.7 Å². The summed E-state index contributed by atoms with van der Waals surface area (Å²) in [6.07, 6.45) is 0.531. The van der Waals surface area contributed by atoms with E-state index in [1.807, 2.05) is 6.07 Å². The summed E-state index contributed by atoms with van der Waals surface area (Å²) in [5.74, 6) is -1.27. The van der Waals surface area contributed by atoms with Gasteiger partial charge in [-0.3, -0.25) is 4.79 Å². The number of hydrogen-bond donors (Lipinski definition) is 0. The minimum absolute atomic E-state index is 0.0690. The van der Waals surface area contributed by atoms with E-state index in [0.717, 1.165) is 5.69 Å². The van der Waals surface area contributed by atoms with Gasteiger partial charge in [0.15, 0.2) is 21.5 Å². The molecule has 0 unspecified atom stereocenters. The van der Waals surface area contributed by atoms with Crippen LogP contribution in [0.2, 0.25) is 0 Å². The summed E-state index contributed by atoms with van der Waals surface area (Å²) >= 11 is 1.27. The highest BCUT2D eigenvalue weighted by molar-refractivity contribution is 7.91. The van der Waals surface area contributed by atoms with Crippen LogP contribution < -0.4 is 0 Å². The molecule has 0 N–H and O–H groups in total. The van der Waals surface area contributed by atoms with Gasteiger partial charge in [-0.05, 0) is 25.5 Å². The molecule has 5 nitrogen and oxygen atoms in total. The summed E-state index contributed by atoms with van der Waals surface area (Å²) in [6.45, 7) is 3.59. The lowest BCUT2D eigenvalue weighted by Gasteiger charge is -2.07. The molecule has 0 fully saturated rings. The standard InChI is InChI=1S/C16H16N2O3S2/c1-3-8-23(20,21)13-6-4-12(5-7-13)15(19)14(9-17)16-18-11(2)10-22-16/h4-7,10,14H,3,8H2,1-2H3/t14-/m1/s1. The molecule has 0 saturated heterocycles. The Hall–Kier alpha value is -2.04. The molecule has 120 valence electrons. The van der Waals surface area contributed by atoms with Gasteiger partial charge in [-0.25, -0.2) is 13.4 Å². The fraction of sp³-hybridized carbons (Fsp3) is 0.312. The Kier molecular flexibility index (Phi) is 5.29. The number of carbonyl (C=O) groups excluding carboxylic acids is 1. The number of carbonyl (C=O) groups is 1. The predicted octanol–water partition coefficient (Wildman–Crippen LogP) is 3.13. The van der Waals surface area contributed by atoms with Crippen molar-refractivity contribution in [1.29, 1.82) is 5.26 Å². The molecule has 1 aromatic heterocycles. The van der Waals surface area contributed by atoms with Crippen LogP contribution in [0, 0.1) is 18.3 Å². The number of aromatic nitrogens is 1. The zero-order valence-electron chi connectivity index (χ0n) is 12.8. The first-order chi connectivity index (χ1) is 10.9. The maximum atomic E-state index is 12.5. The molecular weight excluding hydrogens is 332 g/mol. The van der Waals surface area contributed by atoms with E-state index < -0.39 is 15.8 Å². The number of nitriles is 1. The number of rotatable bonds is 6. The van der Waals surface area contributed by atoms with Crippen LogP contribution in [0.25, 0.3) is 0 Å². The molecule has 2 aromatic rings. The normalized spacial score (nSPS) is 12.6.